The number of carbonyl (C=O) groups is 2. The van der Waals surface area contributed by atoms with Crippen molar-refractivity contribution in [1.29, 1.82) is 0 Å². The molecule has 0 bridgehead atoms. The molecule has 0 saturated carbocycles. The molecule has 1 heterocycles. The third kappa shape index (κ3) is 6.26. The van der Waals surface area contributed by atoms with Gasteiger partial charge < -0.3 is 15.0 Å². The lowest BCUT2D eigenvalue weighted by Gasteiger charge is -2.23. The van der Waals surface area contributed by atoms with Crippen molar-refractivity contribution in [3.05, 3.63) is 107 Å². The third-order valence-electron chi connectivity index (χ3n) is 6.74. The molecule has 0 atom stereocenters. The van der Waals surface area contributed by atoms with Crippen LogP contribution in [0.15, 0.2) is 90.3 Å². The number of rotatable bonds is 10. The van der Waals surface area contributed by atoms with Crippen LogP contribution in [0, 0.1) is 0 Å². The Morgan fingerprint density at radius 2 is 1.74 bits per heavy atom. The molecule has 1 aliphatic rings. The van der Waals surface area contributed by atoms with Gasteiger partial charge in [-0.25, -0.2) is 4.98 Å². The van der Waals surface area contributed by atoms with Crippen LogP contribution in [-0.2, 0) is 11.3 Å². The van der Waals surface area contributed by atoms with Crippen molar-refractivity contribution in [3.63, 3.8) is 0 Å². The van der Waals surface area contributed by atoms with Gasteiger partial charge in [-0.3, -0.25) is 4.79 Å². The van der Waals surface area contributed by atoms with Gasteiger partial charge in [-0.15, -0.1) is 11.3 Å². The molecule has 0 fully saturated rings. The summed E-state index contributed by atoms with van der Waals surface area (Å²) in [5.41, 5.74) is 7.53. The molecule has 5 nitrogen and oxygen atoms in total. The molecule has 1 aromatic heterocycles. The Kier molecular flexibility index (Phi) is 8.41. The fourth-order valence-electron chi connectivity index (χ4n) is 4.65. The molecule has 6 heteroatoms. The highest BCUT2D eigenvalue weighted by Gasteiger charge is 2.17. The van der Waals surface area contributed by atoms with Crippen LogP contribution in [0.5, 0.6) is 0 Å². The number of benzene rings is 3. The van der Waals surface area contributed by atoms with Gasteiger partial charge in [0.25, 0.3) is 5.91 Å². The summed E-state index contributed by atoms with van der Waals surface area (Å²) < 4.78 is 0. The second-order valence-corrected chi connectivity index (χ2v) is 10.2. The number of thiazole rings is 1. The zero-order valence-electron chi connectivity index (χ0n) is 21.3. The number of aromatic nitrogens is 1. The number of anilines is 2. The fraction of sp³-hybridized carbons (Fsp3) is 0.219. The number of nitrogens with one attached hydrogen (secondary N) is 1. The highest BCUT2D eigenvalue weighted by molar-refractivity contribution is 7.14. The summed E-state index contributed by atoms with van der Waals surface area (Å²) >= 11 is 1.63. The summed E-state index contributed by atoms with van der Waals surface area (Å²) in [5.74, 6) is -0.171. The Balaban J connectivity index is 1.40. The topological polar surface area (TPSA) is 62.3 Å². The molecule has 38 heavy (non-hydrogen) atoms. The molecular weight excluding hydrogens is 490 g/mol. The van der Waals surface area contributed by atoms with E-state index < -0.39 is 0 Å². The van der Waals surface area contributed by atoms with E-state index in [4.69, 9.17) is 4.98 Å². The van der Waals surface area contributed by atoms with E-state index in [1.165, 1.54) is 24.0 Å². The van der Waals surface area contributed by atoms with E-state index in [-0.39, 0.29) is 5.91 Å². The van der Waals surface area contributed by atoms with Gasteiger partial charge in [-0.1, -0.05) is 60.7 Å². The lowest BCUT2D eigenvalue weighted by atomic mass is 9.93. The largest absolute Gasteiger partial charge is 0.352 e. The minimum atomic E-state index is -0.171. The minimum absolute atomic E-state index is 0.171. The Morgan fingerprint density at radius 3 is 2.45 bits per heavy atom. The van der Waals surface area contributed by atoms with Crippen molar-refractivity contribution in [2.75, 3.05) is 11.4 Å². The molecule has 1 N–H and O–H groups in total. The van der Waals surface area contributed by atoms with E-state index >= 15 is 0 Å². The number of allylic oxidation sites excluding steroid dienone is 2. The fourth-order valence-corrected chi connectivity index (χ4v) is 5.50. The summed E-state index contributed by atoms with van der Waals surface area (Å²) in [4.78, 5) is 30.1. The Morgan fingerprint density at radius 1 is 0.947 bits per heavy atom. The van der Waals surface area contributed by atoms with Gasteiger partial charge in [0.05, 0.1) is 12.2 Å². The van der Waals surface area contributed by atoms with Crippen LogP contribution >= 0.6 is 11.3 Å². The summed E-state index contributed by atoms with van der Waals surface area (Å²) in [6.45, 7) is 0.968. The number of amides is 1. The average molecular weight is 522 g/mol. The molecule has 5 rings (SSSR count). The molecule has 0 saturated heterocycles. The van der Waals surface area contributed by atoms with Gasteiger partial charge >= 0.3 is 0 Å². The molecule has 3 aromatic carbocycles. The van der Waals surface area contributed by atoms with E-state index in [0.29, 0.717) is 25.1 Å². The maximum atomic E-state index is 12.3. The molecule has 0 unspecified atom stereocenters. The van der Waals surface area contributed by atoms with Crippen molar-refractivity contribution in [2.45, 2.75) is 38.6 Å². The van der Waals surface area contributed by atoms with Gasteiger partial charge in [0.1, 0.15) is 6.29 Å². The Hall–Kier alpha value is -4.03. The summed E-state index contributed by atoms with van der Waals surface area (Å²) in [5, 5.41) is 5.79. The molecule has 0 radical (unpaired) electrons. The predicted octanol–water partition coefficient (Wildman–Crippen LogP) is 7.42. The molecular formula is C32H31N3O2S. The third-order valence-corrected chi connectivity index (χ3v) is 7.60. The minimum Gasteiger partial charge on any atom is -0.352 e. The highest BCUT2D eigenvalue weighted by Crippen LogP contribution is 2.35. The average Bonchev–Trinajstić information content (AvgIpc) is 3.47. The van der Waals surface area contributed by atoms with E-state index in [2.05, 4.69) is 58.1 Å². The number of hydrogen-bond donors (Lipinski definition) is 1. The maximum Gasteiger partial charge on any atom is 0.251 e. The Labute approximate surface area is 227 Å². The highest BCUT2D eigenvalue weighted by atomic mass is 32.1. The van der Waals surface area contributed by atoms with E-state index in [9.17, 15) is 9.59 Å². The SMILES string of the molecule is O=CCCNC(=O)c1ccc(CN(c2ccc(C3=CCCCC3)cc2)c2nc(-c3ccccc3)cs2)cc1. The second kappa shape index (κ2) is 12.5. The molecule has 1 aliphatic carbocycles. The van der Waals surface area contributed by atoms with Crippen molar-refractivity contribution in [2.24, 2.45) is 0 Å². The number of nitrogens with zero attached hydrogens (tertiary/aromatic N) is 2. The first-order chi connectivity index (χ1) is 18.7. The Bertz CT molecular complexity index is 1390. The summed E-state index contributed by atoms with van der Waals surface area (Å²) in [6, 6.07) is 26.7. The lowest BCUT2D eigenvalue weighted by Crippen LogP contribution is -2.24. The van der Waals surface area contributed by atoms with Crippen LogP contribution in [0.1, 0.15) is 53.6 Å². The summed E-state index contributed by atoms with van der Waals surface area (Å²) in [7, 11) is 0. The number of carbonyl (C=O) groups excluding carboxylic acids is 2. The predicted molar refractivity (Wildman–Crippen MR) is 156 cm³/mol. The molecule has 0 spiro atoms. The molecule has 1 amide bonds. The van der Waals surface area contributed by atoms with Crippen LogP contribution < -0.4 is 10.2 Å². The first-order valence-corrected chi connectivity index (χ1v) is 14.0. The smallest absolute Gasteiger partial charge is 0.251 e. The van der Waals surface area contributed by atoms with Crippen LogP contribution in [0.4, 0.5) is 10.8 Å². The maximum absolute atomic E-state index is 12.3. The standard InChI is InChI=1S/C32H31N3O2S/c36-21-7-20-33-31(37)28-14-12-24(13-15-28)22-35(32-34-30(23-38-32)27-10-5-2-6-11-27)29-18-16-26(17-19-29)25-8-3-1-4-9-25/h2,5-6,8,10-19,21,23H,1,3-4,7,9,20,22H2,(H,33,37). The first kappa shape index (κ1) is 25.6. The first-order valence-electron chi connectivity index (χ1n) is 13.1. The van der Waals surface area contributed by atoms with E-state index in [0.717, 1.165) is 46.8 Å². The van der Waals surface area contributed by atoms with Crippen LogP contribution in [0.25, 0.3) is 16.8 Å². The van der Waals surface area contributed by atoms with Crippen molar-refractivity contribution >= 4 is 39.9 Å². The number of hydrogen-bond acceptors (Lipinski definition) is 5. The normalized spacial score (nSPS) is 13.0. The zero-order chi connectivity index (χ0) is 26.2. The zero-order valence-corrected chi connectivity index (χ0v) is 22.1. The van der Waals surface area contributed by atoms with E-state index in [1.54, 1.807) is 11.3 Å². The van der Waals surface area contributed by atoms with Gasteiger partial charge in [0.15, 0.2) is 5.13 Å². The van der Waals surface area contributed by atoms with Gasteiger partial charge in [0, 0.05) is 35.2 Å². The molecule has 0 aliphatic heterocycles. The van der Waals surface area contributed by atoms with Gasteiger partial charge in [-0.2, -0.15) is 0 Å². The van der Waals surface area contributed by atoms with Crippen molar-refractivity contribution < 1.29 is 9.59 Å². The number of aldehydes is 1. The van der Waals surface area contributed by atoms with Crippen LogP contribution in [0.3, 0.4) is 0 Å². The van der Waals surface area contributed by atoms with Crippen LogP contribution in [0.2, 0.25) is 0 Å². The van der Waals surface area contributed by atoms with Crippen LogP contribution in [-0.4, -0.2) is 23.7 Å². The second-order valence-electron chi connectivity index (χ2n) is 9.40. The summed E-state index contributed by atoms with van der Waals surface area (Å²) in [6.07, 6.45) is 8.33. The monoisotopic (exact) mass is 521 g/mol. The molecule has 4 aromatic rings. The van der Waals surface area contributed by atoms with Crippen molar-refractivity contribution in [1.82, 2.24) is 10.3 Å². The van der Waals surface area contributed by atoms with Crippen molar-refractivity contribution in [3.8, 4) is 11.3 Å². The van der Waals surface area contributed by atoms with E-state index in [1.807, 2.05) is 42.5 Å². The lowest BCUT2D eigenvalue weighted by molar-refractivity contribution is -0.107. The van der Waals surface area contributed by atoms with Gasteiger partial charge in [-0.05, 0) is 66.6 Å². The molecule has 192 valence electrons. The quantitative estimate of drug-likeness (QED) is 0.174. The van der Waals surface area contributed by atoms with Gasteiger partial charge in [0.2, 0.25) is 0 Å².